The van der Waals surface area contributed by atoms with Crippen molar-refractivity contribution in [3.63, 3.8) is 0 Å². The minimum atomic E-state index is -0.816. The van der Waals surface area contributed by atoms with Crippen LogP contribution in [0.5, 0.6) is 5.75 Å². The lowest BCUT2D eigenvalue weighted by atomic mass is 9.76. The molecule has 1 aliphatic rings. The maximum atomic E-state index is 12.4. The van der Waals surface area contributed by atoms with Crippen molar-refractivity contribution in [2.24, 2.45) is 16.8 Å². The van der Waals surface area contributed by atoms with E-state index >= 15 is 0 Å². The van der Waals surface area contributed by atoms with Gasteiger partial charge in [-0.3, -0.25) is 4.79 Å². The van der Waals surface area contributed by atoms with E-state index in [2.05, 4.69) is 17.4 Å². The highest BCUT2D eigenvalue weighted by atomic mass is 16.4. The fraction of sp³-hybridized carbons (Fsp3) is 0.467. The van der Waals surface area contributed by atoms with Crippen LogP contribution in [-0.4, -0.2) is 27.6 Å². The van der Waals surface area contributed by atoms with E-state index in [0.717, 1.165) is 12.8 Å². The monoisotopic (exact) mass is 291 g/mol. The molecule has 114 valence electrons. The zero-order valence-electron chi connectivity index (χ0n) is 12.0. The van der Waals surface area contributed by atoms with Crippen LogP contribution in [0.4, 0.5) is 0 Å². The van der Waals surface area contributed by atoms with Gasteiger partial charge in [0.2, 0.25) is 0 Å². The largest absolute Gasteiger partial charge is 0.508 e. The molecule has 21 heavy (non-hydrogen) atoms. The van der Waals surface area contributed by atoms with Crippen molar-refractivity contribution in [3.05, 3.63) is 29.8 Å². The summed E-state index contributed by atoms with van der Waals surface area (Å²) in [6.07, 6.45) is 3.07. The average molecular weight is 291 g/mol. The van der Waals surface area contributed by atoms with Crippen LogP contribution in [0, 0.1) is 5.92 Å². The number of benzene rings is 1. The Hall–Kier alpha value is -2.24. The van der Waals surface area contributed by atoms with E-state index in [-0.39, 0.29) is 17.5 Å². The molecule has 2 rings (SSSR count). The number of hydrogen-bond acceptors (Lipinski definition) is 4. The maximum Gasteiger partial charge on any atom is 0.252 e. The number of aromatic hydroxyl groups is 1. The Kier molecular flexibility index (Phi) is 4.35. The van der Waals surface area contributed by atoms with E-state index < -0.39 is 5.54 Å². The van der Waals surface area contributed by atoms with E-state index in [0.29, 0.717) is 24.3 Å². The highest BCUT2D eigenvalue weighted by Crippen LogP contribution is 2.32. The summed E-state index contributed by atoms with van der Waals surface area (Å²) >= 11 is 0. The summed E-state index contributed by atoms with van der Waals surface area (Å²) in [7, 11) is 0. The molecule has 0 unspecified atom stereocenters. The summed E-state index contributed by atoms with van der Waals surface area (Å²) in [4.78, 5) is 12.4. The van der Waals surface area contributed by atoms with Crippen LogP contribution in [0.25, 0.3) is 0 Å². The normalized spacial score (nSPS) is 26.3. The zero-order valence-corrected chi connectivity index (χ0v) is 12.0. The molecule has 0 atom stereocenters. The van der Waals surface area contributed by atoms with Gasteiger partial charge in [-0.1, -0.05) is 18.1 Å². The Morgan fingerprint density at radius 3 is 2.67 bits per heavy atom. The van der Waals surface area contributed by atoms with Crippen molar-refractivity contribution in [2.45, 2.75) is 38.1 Å². The first kappa shape index (κ1) is 15.2. The molecule has 1 fully saturated rings. The number of nitrogens with zero attached hydrogens (tertiary/aromatic N) is 1. The second kappa shape index (κ2) is 6.03. The van der Waals surface area contributed by atoms with Crippen molar-refractivity contribution < 1.29 is 15.1 Å². The van der Waals surface area contributed by atoms with Gasteiger partial charge < -0.3 is 21.4 Å². The lowest BCUT2D eigenvalue weighted by Crippen LogP contribution is -2.59. The van der Waals surface area contributed by atoms with Crippen molar-refractivity contribution in [1.29, 1.82) is 0 Å². The van der Waals surface area contributed by atoms with E-state index in [1.807, 2.05) is 0 Å². The summed E-state index contributed by atoms with van der Waals surface area (Å²) in [5, 5.41) is 24.5. The van der Waals surface area contributed by atoms with Gasteiger partial charge in [0.05, 0.1) is 0 Å². The third-order valence-electron chi connectivity index (χ3n) is 4.19. The molecule has 0 aliphatic heterocycles. The Morgan fingerprint density at radius 1 is 1.43 bits per heavy atom. The molecule has 0 aromatic heterocycles. The Morgan fingerprint density at radius 2 is 2.10 bits per heavy atom. The fourth-order valence-corrected chi connectivity index (χ4v) is 2.73. The van der Waals surface area contributed by atoms with Gasteiger partial charge in [-0.25, -0.2) is 0 Å². The summed E-state index contributed by atoms with van der Waals surface area (Å²) in [6, 6.07) is 6.10. The third kappa shape index (κ3) is 3.26. The number of carbonyl (C=O) groups is 1. The lowest BCUT2D eigenvalue weighted by Gasteiger charge is -2.39. The van der Waals surface area contributed by atoms with Crippen molar-refractivity contribution >= 4 is 11.7 Å². The average Bonchev–Trinajstić information content (AvgIpc) is 2.49. The van der Waals surface area contributed by atoms with Crippen LogP contribution in [-0.2, 0) is 0 Å². The standard InChI is InChI=1S/C15H21N3O3/c1-10-5-7-15(8-6-10,14(16)18-21)17-13(20)11-3-2-4-12(19)9-11/h2-4,9-10,19,21H,5-8H2,1H3,(H2,16,18)(H,17,20). The minimum Gasteiger partial charge on any atom is -0.508 e. The first-order chi connectivity index (χ1) is 9.97. The van der Waals surface area contributed by atoms with Gasteiger partial charge in [-0.2, -0.15) is 0 Å². The number of amides is 1. The molecule has 5 N–H and O–H groups in total. The number of phenols is 1. The van der Waals surface area contributed by atoms with Crippen LogP contribution in [0.3, 0.4) is 0 Å². The predicted octanol–water partition coefficient (Wildman–Crippen LogP) is 1.82. The van der Waals surface area contributed by atoms with E-state index in [4.69, 9.17) is 10.9 Å². The number of nitrogens with one attached hydrogen (secondary N) is 1. The first-order valence-electron chi connectivity index (χ1n) is 7.06. The number of hydrogen-bond donors (Lipinski definition) is 4. The third-order valence-corrected chi connectivity index (χ3v) is 4.19. The molecule has 0 saturated heterocycles. The maximum absolute atomic E-state index is 12.4. The molecule has 0 heterocycles. The molecule has 1 amide bonds. The van der Waals surface area contributed by atoms with Crippen LogP contribution in [0.15, 0.2) is 29.4 Å². The van der Waals surface area contributed by atoms with Gasteiger partial charge in [0, 0.05) is 5.56 Å². The first-order valence-corrected chi connectivity index (χ1v) is 7.06. The lowest BCUT2D eigenvalue weighted by molar-refractivity contribution is 0.0897. The highest BCUT2D eigenvalue weighted by molar-refractivity contribution is 6.00. The van der Waals surface area contributed by atoms with Gasteiger partial charge in [0.15, 0.2) is 5.84 Å². The predicted molar refractivity (Wildman–Crippen MR) is 79.3 cm³/mol. The number of carbonyl (C=O) groups excluding carboxylic acids is 1. The van der Waals surface area contributed by atoms with E-state index in [9.17, 15) is 9.90 Å². The molecule has 6 heteroatoms. The molecule has 1 saturated carbocycles. The van der Waals surface area contributed by atoms with Crippen molar-refractivity contribution in [1.82, 2.24) is 5.32 Å². The van der Waals surface area contributed by atoms with Gasteiger partial charge >= 0.3 is 0 Å². The van der Waals surface area contributed by atoms with E-state index in [1.54, 1.807) is 12.1 Å². The topological polar surface area (TPSA) is 108 Å². The van der Waals surface area contributed by atoms with Crippen LogP contribution in [0.1, 0.15) is 43.0 Å². The van der Waals surface area contributed by atoms with Gasteiger partial charge in [-0.15, -0.1) is 0 Å². The van der Waals surface area contributed by atoms with Crippen LogP contribution >= 0.6 is 0 Å². The second-order valence-corrected chi connectivity index (χ2v) is 5.75. The molecule has 0 radical (unpaired) electrons. The second-order valence-electron chi connectivity index (χ2n) is 5.75. The number of rotatable bonds is 3. The molecule has 0 spiro atoms. The number of oxime groups is 1. The van der Waals surface area contributed by atoms with E-state index in [1.165, 1.54) is 12.1 Å². The molecular formula is C15H21N3O3. The van der Waals surface area contributed by atoms with Gasteiger partial charge in [0.1, 0.15) is 11.3 Å². The fourth-order valence-electron chi connectivity index (χ4n) is 2.73. The van der Waals surface area contributed by atoms with Gasteiger partial charge in [-0.05, 0) is 49.8 Å². The summed E-state index contributed by atoms with van der Waals surface area (Å²) in [5.41, 5.74) is 5.35. The number of nitrogens with two attached hydrogens (primary N) is 1. The zero-order chi connectivity index (χ0) is 15.5. The SMILES string of the molecule is CC1CCC(NC(=O)c2cccc(O)c2)(/C(N)=N/O)CC1. The molecule has 1 aliphatic carbocycles. The van der Waals surface area contributed by atoms with Crippen molar-refractivity contribution in [2.75, 3.05) is 0 Å². The minimum absolute atomic E-state index is 0.0257. The molecule has 1 aromatic carbocycles. The number of amidine groups is 1. The van der Waals surface area contributed by atoms with Crippen molar-refractivity contribution in [3.8, 4) is 5.75 Å². The molecular weight excluding hydrogens is 270 g/mol. The summed E-state index contributed by atoms with van der Waals surface area (Å²) < 4.78 is 0. The Labute approximate surface area is 123 Å². The smallest absolute Gasteiger partial charge is 0.252 e. The number of phenolic OH excluding ortho intramolecular Hbond substituents is 1. The molecule has 0 bridgehead atoms. The summed E-state index contributed by atoms with van der Waals surface area (Å²) in [6.45, 7) is 2.15. The Bertz CT molecular complexity index is 549. The summed E-state index contributed by atoms with van der Waals surface area (Å²) in [5.74, 6) is 0.273. The Balaban J connectivity index is 2.21. The highest BCUT2D eigenvalue weighted by Gasteiger charge is 2.40. The van der Waals surface area contributed by atoms with Crippen LogP contribution < -0.4 is 11.1 Å². The van der Waals surface area contributed by atoms with Crippen LogP contribution in [0.2, 0.25) is 0 Å². The molecule has 1 aromatic rings. The van der Waals surface area contributed by atoms with Gasteiger partial charge in [0.25, 0.3) is 5.91 Å². The molecule has 6 nitrogen and oxygen atoms in total. The quantitative estimate of drug-likeness (QED) is 0.295.